The number of benzene rings is 1. The van der Waals surface area contributed by atoms with Crippen LogP contribution >= 0.6 is 23.1 Å². The normalized spacial score (nSPS) is 16.7. The first kappa shape index (κ1) is 21.5. The molecule has 2 aromatic heterocycles. The van der Waals surface area contributed by atoms with Crippen LogP contribution in [0.3, 0.4) is 0 Å². The third kappa shape index (κ3) is 4.32. The van der Waals surface area contributed by atoms with Crippen LogP contribution in [0.2, 0.25) is 0 Å². The Kier molecular flexibility index (Phi) is 6.02. The van der Waals surface area contributed by atoms with Gasteiger partial charge in [-0.15, -0.1) is 11.3 Å². The maximum Gasteiger partial charge on any atom is 0.267 e. The smallest absolute Gasteiger partial charge is 0.267 e. The molecule has 0 bridgehead atoms. The molecule has 6 nitrogen and oxygen atoms in total. The number of rotatable bonds is 6. The zero-order valence-electron chi connectivity index (χ0n) is 16.4. The van der Waals surface area contributed by atoms with Gasteiger partial charge in [-0.3, -0.25) is 9.36 Å². The summed E-state index contributed by atoms with van der Waals surface area (Å²) in [5.74, 6) is 0.291. The van der Waals surface area contributed by atoms with E-state index in [1.54, 1.807) is 18.2 Å². The fourth-order valence-electron chi connectivity index (χ4n) is 3.74. The maximum absolute atomic E-state index is 14.6. The van der Waals surface area contributed by atoms with E-state index in [0.717, 1.165) is 24.8 Å². The van der Waals surface area contributed by atoms with Crippen molar-refractivity contribution in [2.75, 3.05) is 11.5 Å². The number of sulfonamides is 1. The van der Waals surface area contributed by atoms with Crippen molar-refractivity contribution in [3.05, 3.63) is 50.9 Å². The Balaban J connectivity index is 1.83. The lowest BCUT2D eigenvalue weighted by molar-refractivity contribution is 0.509. The van der Waals surface area contributed by atoms with Gasteiger partial charge in [0.1, 0.15) is 10.6 Å². The summed E-state index contributed by atoms with van der Waals surface area (Å²) in [6.07, 6.45) is 3.08. The molecule has 10 heteroatoms. The highest BCUT2D eigenvalue weighted by Gasteiger charge is 2.25. The molecule has 2 heterocycles. The van der Waals surface area contributed by atoms with Crippen LogP contribution in [0.1, 0.15) is 30.2 Å². The monoisotopic (exact) mass is 467 g/mol. The van der Waals surface area contributed by atoms with Crippen molar-refractivity contribution in [2.45, 2.75) is 37.8 Å². The number of halogens is 1. The molecule has 0 aliphatic heterocycles. The molecule has 1 aliphatic rings. The number of hydrogen-bond donors (Lipinski definition) is 1. The molecule has 0 saturated carbocycles. The van der Waals surface area contributed by atoms with E-state index in [0.29, 0.717) is 33.5 Å². The highest BCUT2D eigenvalue weighted by Crippen LogP contribution is 2.37. The van der Waals surface area contributed by atoms with Gasteiger partial charge >= 0.3 is 0 Å². The van der Waals surface area contributed by atoms with Crippen molar-refractivity contribution < 1.29 is 12.8 Å². The van der Waals surface area contributed by atoms with E-state index < -0.39 is 15.8 Å². The summed E-state index contributed by atoms with van der Waals surface area (Å²) in [5, 5.41) is 6.01. The average molecular weight is 468 g/mol. The molecule has 160 valence electrons. The molecule has 30 heavy (non-hydrogen) atoms. The second kappa shape index (κ2) is 8.41. The Morgan fingerprint density at radius 3 is 2.87 bits per heavy atom. The number of nitrogens with zero attached hydrogens (tertiary/aromatic N) is 2. The molecule has 2 N–H and O–H groups in total. The zero-order chi connectivity index (χ0) is 21.5. The SMILES string of the molecule is CC1CCc2c(sc3nc(SCCCS(N)(=O)=O)n(-c4ccccc4F)c(=O)c23)C1. The Morgan fingerprint density at radius 2 is 2.13 bits per heavy atom. The number of nitrogens with two attached hydrogens (primary N) is 1. The number of para-hydroxylation sites is 1. The van der Waals surface area contributed by atoms with Crippen LogP contribution in [0.4, 0.5) is 4.39 Å². The second-order valence-electron chi connectivity index (χ2n) is 7.59. The first-order chi connectivity index (χ1) is 14.2. The quantitative estimate of drug-likeness (QED) is 0.340. The molecule has 1 atom stereocenters. The summed E-state index contributed by atoms with van der Waals surface area (Å²) in [5.41, 5.74) is 0.919. The van der Waals surface area contributed by atoms with Gasteiger partial charge in [-0.1, -0.05) is 30.8 Å². The van der Waals surface area contributed by atoms with Crippen LogP contribution in [-0.4, -0.2) is 29.5 Å². The summed E-state index contributed by atoms with van der Waals surface area (Å²) in [6.45, 7) is 2.20. The first-order valence-corrected chi connectivity index (χ1v) is 13.2. The summed E-state index contributed by atoms with van der Waals surface area (Å²) >= 11 is 2.77. The fraction of sp³-hybridized carbons (Fsp3) is 0.400. The lowest BCUT2D eigenvalue weighted by atomic mass is 9.89. The minimum atomic E-state index is -3.56. The number of thiophene rings is 1. The van der Waals surface area contributed by atoms with Gasteiger partial charge in [-0.2, -0.15) is 0 Å². The highest BCUT2D eigenvalue weighted by molar-refractivity contribution is 7.99. The van der Waals surface area contributed by atoms with Gasteiger partial charge in [0.05, 0.1) is 16.8 Å². The van der Waals surface area contributed by atoms with Crippen LogP contribution < -0.4 is 10.7 Å². The molecular weight excluding hydrogens is 445 g/mol. The van der Waals surface area contributed by atoms with Gasteiger partial charge in [0, 0.05) is 10.6 Å². The number of primary sulfonamides is 1. The minimum absolute atomic E-state index is 0.148. The first-order valence-electron chi connectivity index (χ1n) is 9.70. The van der Waals surface area contributed by atoms with Gasteiger partial charge in [-0.05, 0) is 49.3 Å². The van der Waals surface area contributed by atoms with E-state index in [2.05, 4.69) is 6.92 Å². The van der Waals surface area contributed by atoms with Gasteiger partial charge in [-0.25, -0.2) is 22.9 Å². The van der Waals surface area contributed by atoms with Crippen LogP contribution in [0.5, 0.6) is 0 Å². The van der Waals surface area contributed by atoms with E-state index >= 15 is 0 Å². The van der Waals surface area contributed by atoms with E-state index in [4.69, 9.17) is 10.1 Å². The van der Waals surface area contributed by atoms with E-state index in [1.807, 2.05) is 0 Å². The molecule has 1 unspecified atom stereocenters. The zero-order valence-corrected chi connectivity index (χ0v) is 18.9. The van der Waals surface area contributed by atoms with Crippen molar-refractivity contribution in [2.24, 2.45) is 11.1 Å². The van der Waals surface area contributed by atoms with Crippen LogP contribution in [0.25, 0.3) is 15.9 Å². The standard InChI is InChI=1S/C20H22FN3O3S3/c1-12-7-8-13-16(11-12)29-18-17(13)19(25)24(15-6-3-2-5-14(15)21)20(23-18)28-9-4-10-30(22,26)27/h2-3,5-6,12H,4,7-11H2,1H3,(H2,22,26,27). The summed E-state index contributed by atoms with van der Waals surface area (Å²) in [4.78, 5) is 20.1. The molecular formula is C20H22FN3O3S3. The molecule has 3 aromatic rings. The Labute approximate surface area is 182 Å². The maximum atomic E-state index is 14.6. The van der Waals surface area contributed by atoms with Crippen LogP contribution in [-0.2, 0) is 22.9 Å². The van der Waals surface area contributed by atoms with Gasteiger partial charge in [0.2, 0.25) is 10.0 Å². The third-order valence-corrected chi connectivity index (χ3v) is 8.23. The lowest BCUT2D eigenvalue weighted by Gasteiger charge is -2.18. The molecule has 1 aromatic carbocycles. The van der Waals surface area contributed by atoms with Crippen molar-refractivity contribution in [1.82, 2.24) is 9.55 Å². The van der Waals surface area contributed by atoms with Crippen LogP contribution in [0.15, 0.2) is 34.2 Å². The molecule has 0 spiro atoms. The second-order valence-corrected chi connectivity index (χ2v) is 11.5. The predicted octanol–water partition coefficient (Wildman–Crippen LogP) is 3.48. The molecule has 0 radical (unpaired) electrons. The molecule has 0 saturated heterocycles. The summed E-state index contributed by atoms with van der Waals surface area (Å²) in [6, 6.07) is 6.11. The summed E-state index contributed by atoms with van der Waals surface area (Å²) < 4.78 is 38.3. The van der Waals surface area contributed by atoms with Gasteiger partial charge in [0.15, 0.2) is 5.16 Å². The van der Waals surface area contributed by atoms with E-state index in [-0.39, 0.29) is 17.0 Å². The number of thioether (sulfide) groups is 1. The molecule has 0 amide bonds. The number of fused-ring (bicyclic) bond motifs is 3. The average Bonchev–Trinajstić information content (AvgIpc) is 3.03. The predicted molar refractivity (Wildman–Crippen MR) is 120 cm³/mol. The number of hydrogen-bond acceptors (Lipinski definition) is 6. The van der Waals surface area contributed by atoms with Crippen molar-refractivity contribution in [3.63, 3.8) is 0 Å². The van der Waals surface area contributed by atoms with Crippen molar-refractivity contribution in [1.29, 1.82) is 0 Å². The third-order valence-electron chi connectivity index (χ3n) is 5.20. The molecule has 1 aliphatic carbocycles. The Morgan fingerprint density at radius 1 is 1.37 bits per heavy atom. The lowest BCUT2D eigenvalue weighted by Crippen LogP contribution is -2.23. The Bertz CT molecular complexity index is 1270. The van der Waals surface area contributed by atoms with Gasteiger partial charge < -0.3 is 0 Å². The topological polar surface area (TPSA) is 95.0 Å². The summed E-state index contributed by atoms with van der Waals surface area (Å²) in [7, 11) is -3.56. The van der Waals surface area contributed by atoms with E-state index in [9.17, 15) is 17.6 Å². The Hall–Kier alpha value is -1.75. The molecule has 0 fully saturated rings. The minimum Gasteiger partial charge on any atom is -0.268 e. The largest absolute Gasteiger partial charge is 0.268 e. The molecule has 4 rings (SSSR count). The van der Waals surface area contributed by atoms with Crippen molar-refractivity contribution >= 4 is 43.3 Å². The highest BCUT2D eigenvalue weighted by atomic mass is 32.2. The van der Waals surface area contributed by atoms with Crippen LogP contribution in [0, 0.1) is 11.7 Å². The van der Waals surface area contributed by atoms with E-state index in [1.165, 1.54) is 38.6 Å². The number of aromatic nitrogens is 2. The fourth-order valence-corrected chi connectivity index (χ4v) is 6.84. The van der Waals surface area contributed by atoms with Gasteiger partial charge in [0.25, 0.3) is 5.56 Å². The van der Waals surface area contributed by atoms with Crippen molar-refractivity contribution in [3.8, 4) is 5.69 Å². The number of aryl methyl sites for hydroxylation is 1.